The maximum Gasteiger partial charge on any atom is 0.168 e. The van der Waals surface area contributed by atoms with E-state index >= 15 is 0 Å². The monoisotopic (exact) mass is 269 g/mol. The van der Waals surface area contributed by atoms with Crippen LogP contribution in [0.5, 0.6) is 0 Å². The van der Waals surface area contributed by atoms with Gasteiger partial charge in [-0.2, -0.15) is 0 Å². The van der Waals surface area contributed by atoms with Gasteiger partial charge in [-0.05, 0) is 31.6 Å². The van der Waals surface area contributed by atoms with Crippen molar-refractivity contribution in [1.29, 1.82) is 0 Å². The SMILES string of the molecule is CCNc1nc(NC2CCC(C)(C)C2)c(F)cc1F. The minimum absolute atomic E-state index is 0.101. The van der Waals surface area contributed by atoms with E-state index in [-0.39, 0.29) is 23.1 Å². The number of pyridine rings is 1. The van der Waals surface area contributed by atoms with Gasteiger partial charge in [-0.25, -0.2) is 13.8 Å². The Morgan fingerprint density at radius 1 is 1.32 bits per heavy atom. The summed E-state index contributed by atoms with van der Waals surface area (Å²) in [5, 5.41) is 5.89. The fourth-order valence-electron chi connectivity index (χ4n) is 2.61. The van der Waals surface area contributed by atoms with Crippen molar-refractivity contribution < 1.29 is 8.78 Å². The molecule has 0 aliphatic heterocycles. The van der Waals surface area contributed by atoms with Crippen molar-refractivity contribution in [1.82, 2.24) is 4.98 Å². The quantitative estimate of drug-likeness (QED) is 0.873. The van der Waals surface area contributed by atoms with Crippen LogP contribution in [0.25, 0.3) is 0 Å². The molecule has 1 unspecified atom stereocenters. The average molecular weight is 269 g/mol. The van der Waals surface area contributed by atoms with Crippen molar-refractivity contribution >= 4 is 11.6 Å². The normalized spacial score (nSPS) is 21.4. The van der Waals surface area contributed by atoms with Gasteiger partial charge in [0.05, 0.1) is 0 Å². The number of rotatable bonds is 4. The second-order valence-corrected chi connectivity index (χ2v) is 5.93. The summed E-state index contributed by atoms with van der Waals surface area (Å²) < 4.78 is 27.2. The molecular formula is C14H21F2N3. The average Bonchev–Trinajstić information content (AvgIpc) is 2.65. The molecule has 0 amide bonds. The lowest BCUT2D eigenvalue weighted by atomic mass is 9.92. The summed E-state index contributed by atoms with van der Waals surface area (Å²) in [6.45, 7) is 6.79. The van der Waals surface area contributed by atoms with Crippen LogP contribution in [0, 0.1) is 17.0 Å². The van der Waals surface area contributed by atoms with Crippen LogP contribution in [0.2, 0.25) is 0 Å². The highest BCUT2D eigenvalue weighted by Crippen LogP contribution is 2.38. The summed E-state index contributed by atoms with van der Waals surface area (Å²) in [7, 11) is 0. The van der Waals surface area contributed by atoms with Crippen molar-refractivity contribution in [2.24, 2.45) is 5.41 Å². The van der Waals surface area contributed by atoms with Gasteiger partial charge in [0.15, 0.2) is 23.3 Å². The van der Waals surface area contributed by atoms with Gasteiger partial charge >= 0.3 is 0 Å². The highest BCUT2D eigenvalue weighted by atomic mass is 19.1. The molecule has 1 aromatic heterocycles. The van der Waals surface area contributed by atoms with E-state index in [4.69, 9.17) is 0 Å². The number of hydrogen-bond donors (Lipinski definition) is 2. The van der Waals surface area contributed by atoms with Crippen molar-refractivity contribution in [2.75, 3.05) is 17.2 Å². The molecule has 1 aliphatic carbocycles. The Morgan fingerprint density at radius 3 is 2.58 bits per heavy atom. The van der Waals surface area contributed by atoms with Crippen LogP contribution in [-0.2, 0) is 0 Å². The molecule has 1 aromatic rings. The number of nitrogens with one attached hydrogen (secondary N) is 2. The van der Waals surface area contributed by atoms with Gasteiger partial charge in [-0.3, -0.25) is 0 Å². The maximum absolute atomic E-state index is 13.7. The Bertz CT molecular complexity index is 460. The minimum atomic E-state index is -0.656. The Hall–Kier alpha value is -1.39. The molecule has 1 fully saturated rings. The first-order chi connectivity index (χ1) is 8.91. The van der Waals surface area contributed by atoms with E-state index in [2.05, 4.69) is 29.5 Å². The minimum Gasteiger partial charge on any atom is -0.368 e. The van der Waals surface area contributed by atoms with Gasteiger partial charge in [0, 0.05) is 18.7 Å². The topological polar surface area (TPSA) is 37.0 Å². The fraction of sp³-hybridized carbons (Fsp3) is 0.643. The standard InChI is InChI=1S/C14H21F2N3/c1-4-17-12-10(15)7-11(16)13(19-12)18-9-5-6-14(2,3)8-9/h7,9H,4-6,8H2,1-3H3,(H2,17,18,19). The Kier molecular flexibility index (Phi) is 3.92. The molecule has 0 bridgehead atoms. The molecule has 0 aromatic carbocycles. The zero-order valence-corrected chi connectivity index (χ0v) is 11.7. The summed E-state index contributed by atoms with van der Waals surface area (Å²) in [6.07, 6.45) is 3.07. The molecule has 19 heavy (non-hydrogen) atoms. The highest BCUT2D eigenvalue weighted by molar-refractivity contribution is 5.48. The molecule has 1 saturated carbocycles. The van der Waals surface area contributed by atoms with E-state index in [1.165, 1.54) is 0 Å². The molecule has 0 saturated heterocycles. The van der Waals surface area contributed by atoms with Crippen molar-refractivity contribution in [3.8, 4) is 0 Å². The van der Waals surface area contributed by atoms with Gasteiger partial charge in [0.1, 0.15) is 0 Å². The Morgan fingerprint density at radius 2 is 2.00 bits per heavy atom. The maximum atomic E-state index is 13.7. The zero-order valence-electron chi connectivity index (χ0n) is 11.7. The van der Waals surface area contributed by atoms with Crippen molar-refractivity contribution in [2.45, 2.75) is 46.1 Å². The summed E-state index contributed by atoms with van der Waals surface area (Å²) >= 11 is 0. The molecule has 2 N–H and O–H groups in total. The summed E-state index contributed by atoms with van der Waals surface area (Å²) in [6, 6.07) is 1.09. The van der Waals surface area contributed by atoms with Crippen molar-refractivity contribution in [3.63, 3.8) is 0 Å². The lowest BCUT2D eigenvalue weighted by Gasteiger charge is -2.19. The van der Waals surface area contributed by atoms with Crippen LogP contribution in [0.4, 0.5) is 20.4 Å². The third-order valence-corrected chi connectivity index (χ3v) is 3.58. The van der Waals surface area contributed by atoms with Crippen LogP contribution < -0.4 is 10.6 Å². The van der Waals surface area contributed by atoms with Gasteiger partial charge < -0.3 is 10.6 Å². The molecule has 2 rings (SSSR count). The van der Waals surface area contributed by atoms with Gasteiger partial charge in [-0.15, -0.1) is 0 Å². The molecule has 0 spiro atoms. The van der Waals surface area contributed by atoms with E-state index in [9.17, 15) is 8.78 Å². The fourth-order valence-corrected chi connectivity index (χ4v) is 2.61. The molecule has 3 nitrogen and oxygen atoms in total. The molecule has 5 heteroatoms. The van der Waals surface area contributed by atoms with E-state index in [1.807, 2.05) is 6.92 Å². The van der Waals surface area contributed by atoms with Crippen LogP contribution in [0.3, 0.4) is 0 Å². The second kappa shape index (κ2) is 5.31. The highest BCUT2D eigenvalue weighted by Gasteiger charge is 2.31. The molecule has 1 aliphatic rings. The molecular weight excluding hydrogens is 248 g/mol. The summed E-state index contributed by atoms with van der Waals surface area (Å²) in [5.74, 6) is -1.05. The summed E-state index contributed by atoms with van der Waals surface area (Å²) in [5.41, 5.74) is 0.276. The first kappa shape index (κ1) is 14.0. The van der Waals surface area contributed by atoms with Gasteiger partial charge in [-0.1, -0.05) is 13.8 Å². The van der Waals surface area contributed by atoms with Crippen LogP contribution in [-0.4, -0.2) is 17.6 Å². The lowest BCUT2D eigenvalue weighted by molar-refractivity contribution is 0.378. The first-order valence-corrected chi connectivity index (χ1v) is 6.78. The molecule has 0 radical (unpaired) electrons. The third kappa shape index (κ3) is 3.33. The molecule has 1 atom stereocenters. The van der Waals surface area contributed by atoms with Crippen LogP contribution >= 0.6 is 0 Å². The van der Waals surface area contributed by atoms with Gasteiger partial charge in [0.2, 0.25) is 0 Å². The van der Waals surface area contributed by atoms with Gasteiger partial charge in [0.25, 0.3) is 0 Å². The third-order valence-electron chi connectivity index (χ3n) is 3.58. The van der Waals surface area contributed by atoms with E-state index < -0.39 is 11.6 Å². The number of anilines is 2. The molecule has 1 heterocycles. The van der Waals surface area contributed by atoms with Crippen LogP contribution in [0.15, 0.2) is 6.07 Å². The smallest absolute Gasteiger partial charge is 0.168 e. The largest absolute Gasteiger partial charge is 0.368 e. The van der Waals surface area contributed by atoms with Crippen LogP contribution in [0.1, 0.15) is 40.0 Å². The Labute approximate surface area is 112 Å². The Balaban J connectivity index is 2.14. The molecule has 106 valence electrons. The van der Waals surface area contributed by atoms with Crippen molar-refractivity contribution in [3.05, 3.63) is 17.7 Å². The zero-order chi connectivity index (χ0) is 14.0. The second-order valence-electron chi connectivity index (χ2n) is 5.93. The predicted molar refractivity (Wildman–Crippen MR) is 73.4 cm³/mol. The van der Waals surface area contributed by atoms with E-state index in [1.54, 1.807) is 0 Å². The lowest BCUT2D eigenvalue weighted by Crippen LogP contribution is -2.20. The summed E-state index contributed by atoms with van der Waals surface area (Å²) in [4.78, 5) is 4.00. The first-order valence-electron chi connectivity index (χ1n) is 6.78. The van der Waals surface area contributed by atoms with E-state index in [0.29, 0.717) is 6.54 Å². The number of nitrogens with zero attached hydrogens (tertiary/aromatic N) is 1. The number of hydrogen-bond acceptors (Lipinski definition) is 3. The number of aromatic nitrogens is 1. The predicted octanol–water partition coefficient (Wildman–Crippen LogP) is 3.78. The number of halogens is 2. The van der Waals surface area contributed by atoms with E-state index in [0.717, 1.165) is 25.3 Å².